The van der Waals surface area contributed by atoms with Crippen molar-refractivity contribution in [1.29, 1.82) is 0 Å². The predicted octanol–water partition coefficient (Wildman–Crippen LogP) is 3.94. The van der Waals surface area contributed by atoms with Crippen molar-refractivity contribution >= 4 is 5.78 Å². The molecule has 2 aromatic carbocycles. The van der Waals surface area contributed by atoms with Crippen LogP contribution in [0.3, 0.4) is 0 Å². The van der Waals surface area contributed by atoms with Crippen LogP contribution in [0.25, 0.3) is 0 Å². The number of aryl methyl sites for hydroxylation is 2. The molecule has 0 unspecified atom stereocenters. The van der Waals surface area contributed by atoms with E-state index in [1.165, 1.54) is 6.07 Å². The van der Waals surface area contributed by atoms with Gasteiger partial charge in [0.05, 0.1) is 0 Å². The highest BCUT2D eigenvalue weighted by Gasteiger charge is 2.11. The van der Waals surface area contributed by atoms with Crippen LogP contribution >= 0.6 is 0 Å². The molecule has 110 valence electrons. The van der Waals surface area contributed by atoms with Crippen LogP contribution in [0.5, 0.6) is 5.75 Å². The first-order valence-electron chi connectivity index (χ1n) is 6.93. The fourth-order valence-electron chi connectivity index (χ4n) is 2.21. The fraction of sp³-hybridized carbons (Fsp3) is 0.278. The Bertz CT molecular complexity index is 662. The summed E-state index contributed by atoms with van der Waals surface area (Å²) < 4.78 is 19.2. The van der Waals surface area contributed by atoms with Gasteiger partial charge in [0.2, 0.25) is 0 Å². The minimum Gasteiger partial charge on any atom is -0.485 e. The molecule has 0 fully saturated rings. The number of ketones is 1. The van der Waals surface area contributed by atoms with Crippen LogP contribution in [0.15, 0.2) is 36.4 Å². The highest BCUT2D eigenvalue weighted by Crippen LogP contribution is 2.25. The minimum atomic E-state index is -0.353. The average molecular weight is 286 g/mol. The van der Waals surface area contributed by atoms with Crippen molar-refractivity contribution in [1.82, 2.24) is 0 Å². The lowest BCUT2D eigenvalue weighted by atomic mass is 10.1. The largest absolute Gasteiger partial charge is 0.485 e. The average Bonchev–Trinajstić information content (AvgIpc) is 2.45. The molecular weight excluding hydrogens is 267 g/mol. The Hall–Kier alpha value is -2.16. The Morgan fingerprint density at radius 2 is 1.71 bits per heavy atom. The summed E-state index contributed by atoms with van der Waals surface area (Å²) >= 11 is 0. The number of benzene rings is 2. The van der Waals surface area contributed by atoms with Crippen molar-refractivity contribution in [2.45, 2.75) is 27.2 Å². The van der Waals surface area contributed by atoms with Gasteiger partial charge in [-0.1, -0.05) is 30.3 Å². The summed E-state index contributed by atoms with van der Waals surface area (Å²) in [5, 5.41) is 0. The molecule has 0 bridgehead atoms. The van der Waals surface area contributed by atoms with E-state index in [9.17, 15) is 9.18 Å². The van der Waals surface area contributed by atoms with Crippen LogP contribution in [0, 0.1) is 26.6 Å². The first-order chi connectivity index (χ1) is 9.99. The van der Waals surface area contributed by atoms with E-state index in [0.29, 0.717) is 5.56 Å². The Morgan fingerprint density at radius 3 is 2.43 bits per heavy atom. The molecule has 2 aromatic rings. The van der Waals surface area contributed by atoms with Crippen molar-refractivity contribution in [3.05, 3.63) is 64.5 Å². The Labute approximate surface area is 124 Å². The minimum absolute atomic E-state index is 0.0422. The maximum atomic E-state index is 13.5. The first-order valence-corrected chi connectivity index (χ1v) is 6.93. The molecule has 0 aromatic heterocycles. The van der Waals surface area contributed by atoms with Crippen molar-refractivity contribution in [3.8, 4) is 5.75 Å². The third kappa shape index (κ3) is 3.69. The zero-order valence-electron chi connectivity index (χ0n) is 12.6. The van der Waals surface area contributed by atoms with Crippen LogP contribution in [-0.4, -0.2) is 12.4 Å². The Balaban J connectivity index is 2.02. The maximum Gasteiger partial charge on any atom is 0.174 e. The van der Waals surface area contributed by atoms with Crippen LogP contribution in [0.4, 0.5) is 4.39 Å². The quantitative estimate of drug-likeness (QED) is 0.832. The second kappa shape index (κ2) is 6.53. The van der Waals surface area contributed by atoms with Gasteiger partial charge in [-0.2, -0.15) is 0 Å². The maximum absolute atomic E-state index is 13.5. The molecule has 0 saturated carbocycles. The predicted molar refractivity (Wildman–Crippen MR) is 81.3 cm³/mol. The molecule has 0 aliphatic carbocycles. The molecule has 0 spiro atoms. The van der Waals surface area contributed by atoms with Gasteiger partial charge in [0.15, 0.2) is 5.78 Å². The van der Waals surface area contributed by atoms with Crippen molar-refractivity contribution < 1.29 is 13.9 Å². The molecule has 0 aliphatic heterocycles. The molecule has 0 amide bonds. The summed E-state index contributed by atoms with van der Waals surface area (Å²) in [5.74, 6) is 0.256. The van der Waals surface area contributed by atoms with Crippen LogP contribution < -0.4 is 4.74 Å². The van der Waals surface area contributed by atoms with Crippen LogP contribution in [0.2, 0.25) is 0 Å². The number of carbonyl (C=O) groups excluding carboxylic acids is 1. The topological polar surface area (TPSA) is 26.3 Å². The first kappa shape index (κ1) is 15.2. The van der Waals surface area contributed by atoms with E-state index >= 15 is 0 Å². The van der Waals surface area contributed by atoms with Gasteiger partial charge in [-0.05, 0) is 49.1 Å². The van der Waals surface area contributed by atoms with Gasteiger partial charge in [0.25, 0.3) is 0 Å². The van der Waals surface area contributed by atoms with Crippen molar-refractivity contribution in [2.24, 2.45) is 0 Å². The summed E-state index contributed by atoms with van der Waals surface area (Å²) in [4.78, 5) is 12.0. The lowest BCUT2D eigenvalue weighted by molar-refractivity contribution is -0.120. The Kier molecular flexibility index (Phi) is 4.73. The highest BCUT2D eigenvalue weighted by atomic mass is 19.1. The third-order valence-electron chi connectivity index (χ3n) is 3.60. The Morgan fingerprint density at radius 1 is 1.05 bits per heavy atom. The van der Waals surface area contributed by atoms with Crippen molar-refractivity contribution in [2.75, 3.05) is 6.61 Å². The van der Waals surface area contributed by atoms with Crippen LogP contribution in [0.1, 0.15) is 22.3 Å². The summed E-state index contributed by atoms with van der Waals surface area (Å²) in [6.45, 7) is 5.88. The standard InChI is InChI=1S/C18H19FO2/c1-12-8-9-13(2)18(14(12)3)21-11-16(20)10-15-6-4-5-7-17(15)19/h4-9H,10-11H2,1-3H3. The van der Waals surface area contributed by atoms with E-state index in [0.717, 1.165) is 22.4 Å². The van der Waals surface area contributed by atoms with E-state index in [1.807, 2.05) is 32.9 Å². The monoisotopic (exact) mass is 286 g/mol. The molecule has 0 N–H and O–H groups in total. The molecule has 0 heterocycles. The SMILES string of the molecule is Cc1ccc(C)c(OCC(=O)Cc2ccccc2F)c1C. The number of Topliss-reactive ketones (excluding diaryl/α,β-unsaturated/α-hetero) is 1. The van der Waals surface area contributed by atoms with Gasteiger partial charge in [-0.15, -0.1) is 0 Å². The molecule has 0 aliphatic rings. The number of carbonyl (C=O) groups is 1. The summed E-state index contributed by atoms with van der Waals surface area (Å²) in [6.07, 6.45) is 0.0522. The molecule has 0 radical (unpaired) electrons. The second-order valence-electron chi connectivity index (χ2n) is 5.25. The molecular formula is C18H19FO2. The van der Waals surface area contributed by atoms with Gasteiger partial charge < -0.3 is 4.74 Å². The van der Waals surface area contributed by atoms with Gasteiger partial charge in [-0.3, -0.25) is 4.79 Å². The molecule has 2 rings (SSSR count). The fourth-order valence-corrected chi connectivity index (χ4v) is 2.21. The zero-order valence-corrected chi connectivity index (χ0v) is 12.6. The van der Waals surface area contributed by atoms with E-state index < -0.39 is 0 Å². The smallest absolute Gasteiger partial charge is 0.174 e. The molecule has 0 atom stereocenters. The molecule has 2 nitrogen and oxygen atoms in total. The van der Waals surface area contributed by atoms with Gasteiger partial charge >= 0.3 is 0 Å². The summed E-state index contributed by atoms with van der Waals surface area (Å²) in [6, 6.07) is 10.3. The van der Waals surface area contributed by atoms with Gasteiger partial charge in [0.1, 0.15) is 18.2 Å². The van der Waals surface area contributed by atoms with E-state index in [-0.39, 0.29) is 24.6 Å². The molecule has 3 heteroatoms. The van der Waals surface area contributed by atoms with Crippen molar-refractivity contribution in [3.63, 3.8) is 0 Å². The number of halogens is 1. The second-order valence-corrected chi connectivity index (χ2v) is 5.25. The number of ether oxygens (including phenoxy) is 1. The lowest BCUT2D eigenvalue weighted by Gasteiger charge is -2.13. The molecule has 21 heavy (non-hydrogen) atoms. The zero-order chi connectivity index (χ0) is 15.4. The van der Waals surface area contributed by atoms with Crippen LogP contribution in [-0.2, 0) is 11.2 Å². The number of hydrogen-bond acceptors (Lipinski definition) is 2. The normalized spacial score (nSPS) is 10.5. The summed E-state index contributed by atoms with van der Waals surface area (Å²) in [7, 11) is 0. The highest BCUT2D eigenvalue weighted by molar-refractivity contribution is 5.82. The van der Waals surface area contributed by atoms with Gasteiger partial charge in [0, 0.05) is 6.42 Å². The number of hydrogen-bond donors (Lipinski definition) is 0. The summed E-state index contributed by atoms with van der Waals surface area (Å²) in [5.41, 5.74) is 3.56. The molecule has 0 saturated heterocycles. The number of rotatable bonds is 5. The van der Waals surface area contributed by atoms with E-state index in [2.05, 4.69) is 0 Å². The van der Waals surface area contributed by atoms with E-state index in [1.54, 1.807) is 18.2 Å². The third-order valence-corrected chi connectivity index (χ3v) is 3.60. The van der Waals surface area contributed by atoms with E-state index in [4.69, 9.17) is 4.74 Å². The van der Waals surface area contributed by atoms with Gasteiger partial charge in [-0.25, -0.2) is 4.39 Å². The lowest BCUT2D eigenvalue weighted by Crippen LogP contribution is -2.15.